The molecule has 0 bridgehead atoms. The predicted octanol–water partition coefficient (Wildman–Crippen LogP) is 1.74. The predicted molar refractivity (Wildman–Crippen MR) is 117 cm³/mol. The largest absolute Gasteiger partial charge is 0.469 e. The van der Waals surface area contributed by atoms with E-state index in [2.05, 4.69) is 38.0 Å². The third-order valence-corrected chi connectivity index (χ3v) is 5.67. The molecular formula is C21H32N4O3S. The molecule has 1 aliphatic heterocycles. The van der Waals surface area contributed by atoms with Gasteiger partial charge in [0.1, 0.15) is 5.76 Å². The number of hydrogen-bond acceptors (Lipinski definition) is 6. The zero-order valence-corrected chi connectivity index (χ0v) is 17.9. The van der Waals surface area contributed by atoms with Gasteiger partial charge in [0.25, 0.3) is 0 Å². The second kappa shape index (κ2) is 11.3. The molecule has 0 aromatic carbocycles. The van der Waals surface area contributed by atoms with Gasteiger partial charge in [0, 0.05) is 44.0 Å². The van der Waals surface area contributed by atoms with Crippen LogP contribution >= 0.6 is 11.3 Å². The van der Waals surface area contributed by atoms with Crippen molar-refractivity contribution in [3.05, 3.63) is 46.5 Å². The SMILES string of the molecule is CC(O)(CN=C(NCCc1ccco1)NCCc1cccs1)CN1CCOCC1. The van der Waals surface area contributed by atoms with Crippen molar-refractivity contribution in [3.8, 4) is 0 Å². The van der Waals surface area contributed by atoms with E-state index in [1.54, 1.807) is 17.6 Å². The Kier molecular flexibility index (Phi) is 8.54. The first-order valence-electron chi connectivity index (χ1n) is 10.2. The van der Waals surface area contributed by atoms with E-state index in [4.69, 9.17) is 9.15 Å². The van der Waals surface area contributed by atoms with Crippen LogP contribution in [-0.4, -0.2) is 74.0 Å². The molecule has 2 aromatic rings. The molecule has 1 atom stereocenters. The maximum atomic E-state index is 10.8. The molecule has 160 valence electrons. The van der Waals surface area contributed by atoms with Crippen molar-refractivity contribution in [1.82, 2.24) is 15.5 Å². The van der Waals surface area contributed by atoms with E-state index in [0.29, 0.717) is 19.6 Å². The Morgan fingerprint density at radius 1 is 1.21 bits per heavy atom. The summed E-state index contributed by atoms with van der Waals surface area (Å²) in [6.45, 7) is 7.43. The molecule has 3 heterocycles. The topological polar surface area (TPSA) is 82.3 Å². The lowest BCUT2D eigenvalue weighted by molar-refractivity contribution is -0.0179. The number of thiophene rings is 1. The monoisotopic (exact) mass is 420 g/mol. The third kappa shape index (κ3) is 8.18. The zero-order valence-electron chi connectivity index (χ0n) is 17.1. The molecule has 29 heavy (non-hydrogen) atoms. The number of nitrogens with one attached hydrogen (secondary N) is 2. The van der Waals surface area contributed by atoms with Gasteiger partial charge in [0.2, 0.25) is 0 Å². The molecule has 0 spiro atoms. The van der Waals surface area contributed by atoms with Crippen molar-refractivity contribution < 1.29 is 14.3 Å². The van der Waals surface area contributed by atoms with Crippen LogP contribution in [-0.2, 0) is 17.6 Å². The summed E-state index contributed by atoms with van der Waals surface area (Å²) in [4.78, 5) is 8.23. The van der Waals surface area contributed by atoms with Crippen molar-refractivity contribution in [2.45, 2.75) is 25.4 Å². The first-order chi connectivity index (χ1) is 14.1. The Bertz CT molecular complexity index is 668. The summed E-state index contributed by atoms with van der Waals surface area (Å²) >= 11 is 1.76. The van der Waals surface area contributed by atoms with Gasteiger partial charge in [0.05, 0.1) is 31.6 Å². The van der Waals surface area contributed by atoms with Gasteiger partial charge in [-0.05, 0) is 36.9 Å². The molecule has 3 rings (SSSR count). The highest BCUT2D eigenvalue weighted by Gasteiger charge is 2.25. The quantitative estimate of drug-likeness (QED) is 0.401. The molecule has 1 aliphatic rings. The highest BCUT2D eigenvalue weighted by Crippen LogP contribution is 2.10. The Hall–Kier alpha value is -1.87. The van der Waals surface area contributed by atoms with E-state index in [0.717, 1.165) is 57.4 Å². The van der Waals surface area contributed by atoms with Crippen LogP contribution in [0.3, 0.4) is 0 Å². The summed E-state index contributed by atoms with van der Waals surface area (Å²) in [7, 11) is 0. The molecule has 0 amide bonds. The van der Waals surface area contributed by atoms with Gasteiger partial charge >= 0.3 is 0 Å². The van der Waals surface area contributed by atoms with Crippen LogP contribution in [0.1, 0.15) is 17.6 Å². The summed E-state index contributed by atoms with van der Waals surface area (Å²) in [6.07, 6.45) is 3.41. The smallest absolute Gasteiger partial charge is 0.191 e. The van der Waals surface area contributed by atoms with Crippen LogP contribution in [0.5, 0.6) is 0 Å². The summed E-state index contributed by atoms with van der Waals surface area (Å²) < 4.78 is 10.8. The van der Waals surface area contributed by atoms with Gasteiger partial charge in [-0.15, -0.1) is 11.3 Å². The van der Waals surface area contributed by atoms with E-state index in [9.17, 15) is 5.11 Å². The molecule has 1 saturated heterocycles. The van der Waals surface area contributed by atoms with Crippen LogP contribution in [0.4, 0.5) is 0 Å². The second-order valence-corrected chi connectivity index (χ2v) is 8.59. The zero-order chi connectivity index (χ0) is 20.4. The number of ether oxygens (including phenoxy) is 1. The van der Waals surface area contributed by atoms with E-state index in [1.165, 1.54) is 4.88 Å². The Balaban J connectivity index is 1.50. The molecule has 0 saturated carbocycles. The fraction of sp³-hybridized carbons (Fsp3) is 0.571. The van der Waals surface area contributed by atoms with Crippen LogP contribution in [0.25, 0.3) is 0 Å². The Labute approximate surface area is 176 Å². The Morgan fingerprint density at radius 2 is 2.00 bits per heavy atom. The minimum absolute atomic E-state index is 0.333. The fourth-order valence-electron chi connectivity index (χ4n) is 3.23. The van der Waals surface area contributed by atoms with Gasteiger partial charge in [-0.25, -0.2) is 0 Å². The molecule has 0 aliphatic carbocycles. The summed E-state index contributed by atoms with van der Waals surface area (Å²) in [6, 6.07) is 8.07. The lowest BCUT2D eigenvalue weighted by atomic mass is 10.1. The molecule has 1 unspecified atom stereocenters. The molecule has 1 fully saturated rings. The molecular weight excluding hydrogens is 388 g/mol. The van der Waals surface area contributed by atoms with Crippen molar-refractivity contribution in [3.63, 3.8) is 0 Å². The second-order valence-electron chi connectivity index (χ2n) is 7.56. The summed E-state index contributed by atoms with van der Waals surface area (Å²) in [5, 5.41) is 19.6. The summed E-state index contributed by atoms with van der Waals surface area (Å²) in [5.74, 6) is 1.66. The summed E-state index contributed by atoms with van der Waals surface area (Å²) in [5.41, 5.74) is -0.888. The first kappa shape index (κ1) is 21.8. The van der Waals surface area contributed by atoms with Crippen LogP contribution < -0.4 is 10.6 Å². The Morgan fingerprint density at radius 3 is 2.69 bits per heavy atom. The lowest BCUT2D eigenvalue weighted by Crippen LogP contribution is -2.48. The van der Waals surface area contributed by atoms with Gasteiger partial charge in [0.15, 0.2) is 5.96 Å². The molecule has 7 nitrogen and oxygen atoms in total. The molecule has 0 radical (unpaired) electrons. The third-order valence-electron chi connectivity index (χ3n) is 4.73. The van der Waals surface area contributed by atoms with Gasteiger partial charge in [-0.3, -0.25) is 9.89 Å². The average molecular weight is 421 g/mol. The van der Waals surface area contributed by atoms with Gasteiger partial charge < -0.3 is 24.9 Å². The number of aliphatic imine (C=N–C) groups is 1. The van der Waals surface area contributed by atoms with Crippen molar-refractivity contribution in [1.29, 1.82) is 0 Å². The van der Waals surface area contributed by atoms with Crippen molar-refractivity contribution >= 4 is 17.3 Å². The normalized spacial score (nSPS) is 17.8. The highest BCUT2D eigenvalue weighted by molar-refractivity contribution is 7.09. The number of β-amino-alcohol motifs (C(OH)–C–C–N with tert-alkyl or cyclic N) is 1. The number of rotatable bonds is 10. The van der Waals surface area contributed by atoms with E-state index in [-0.39, 0.29) is 0 Å². The molecule has 8 heteroatoms. The van der Waals surface area contributed by atoms with Crippen LogP contribution in [0.15, 0.2) is 45.3 Å². The number of guanidine groups is 1. The van der Waals surface area contributed by atoms with Gasteiger partial charge in [-0.2, -0.15) is 0 Å². The molecule has 3 N–H and O–H groups in total. The average Bonchev–Trinajstić information content (AvgIpc) is 3.40. The van der Waals surface area contributed by atoms with E-state index in [1.807, 2.05) is 19.1 Å². The standard InChI is InChI=1S/C21H32N4O3S/c1-21(26,17-25-10-13-27-14-11-25)16-24-20(22-8-6-18-4-2-12-28-18)23-9-7-19-5-3-15-29-19/h2-5,12,15,26H,6-11,13-14,16-17H2,1H3,(H2,22,23,24). The van der Waals surface area contributed by atoms with E-state index >= 15 is 0 Å². The minimum Gasteiger partial charge on any atom is -0.469 e. The highest BCUT2D eigenvalue weighted by atomic mass is 32.1. The number of aliphatic hydroxyl groups is 1. The number of morpholine rings is 1. The maximum Gasteiger partial charge on any atom is 0.191 e. The minimum atomic E-state index is -0.888. The lowest BCUT2D eigenvalue weighted by Gasteiger charge is -2.33. The van der Waals surface area contributed by atoms with Crippen molar-refractivity contribution in [2.75, 3.05) is 52.5 Å². The fourth-order valence-corrected chi connectivity index (χ4v) is 3.94. The maximum absolute atomic E-state index is 10.8. The van der Waals surface area contributed by atoms with Crippen LogP contribution in [0, 0.1) is 0 Å². The molecule has 2 aromatic heterocycles. The van der Waals surface area contributed by atoms with Gasteiger partial charge in [-0.1, -0.05) is 6.07 Å². The number of nitrogens with zero attached hydrogens (tertiary/aromatic N) is 2. The number of hydrogen-bond donors (Lipinski definition) is 3. The first-order valence-corrected chi connectivity index (χ1v) is 11.1. The van der Waals surface area contributed by atoms with E-state index < -0.39 is 5.60 Å². The van der Waals surface area contributed by atoms with Crippen LogP contribution in [0.2, 0.25) is 0 Å². The van der Waals surface area contributed by atoms with Crippen molar-refractivity contribution in [2.24, 2.45) is 4.99 Å². The number of furan rings is 1.